The summed E-state index contributed by atoms with van der Waals surface area (Å²) < 4.78 is 10.2. The second kappa shape index (κ2) is 8.00. The molecule has 2 fully saturated rings. The molecule has 1 saturated carbocycles. The van der Waals surface area contributed by atoms with Crippen LogP contribution >= 0.6 is 0 Å². The van der Waals surface area contributed by atoms with Crippen LogP contribution < -0.4 is 10.6 Å². The number of nitrogens with zero attached hydrogens (tertiary/aromatic N) is 1. The molecule has 1 aliphatic heterocycles. The number of carbonyl (C=O) groups is 3. The van der Waals surface area contributed by atoms with Crippen molar-refractivity contribution in [3.8, 4) is 0 Å². The molecule has 2 N–H and O–H groups in total. The van der Waals surface area contributed by atoms with Crippen molar-refractivity contribution in [3.63, 3.8) is 0 Å². The lowest BCUT2D eigenvalue weighted by Gasteiger charge is -2.19. The van der Waals surface area contributed by atoms with Gasteiger partial charge in [0.25, 0.3) is 5.69 Å². The number of non-ortho nitro benzene ring substituents is 1. The van der Waals surface area contributed by atoms with Gasteiger partial charge in [0.05, 0.1) is 23.6 Å². The maximum absolute atomic E-state index is 12.6. The number of nitro benzene ring substituents is 1. The number of esters is 2. The van der Waals surface area contributed by atoms with Crippen molar-refractivity contribution in [1.29, 1.82) is 0 Å². The number of carbonyl (C=O) groups excluding carboxylic acids is 3. The highest BCUT2D eigenvalue weighted by atomic mass is 16.6. The number of ether oxygens (including phenoxy) is 2. The van der Waals surface area contributed by atoms with Crippen molar-refractivity contribution in [1.82, 2.24) is 10.6 Å². The molecule has 1 amide bonds. The average Bonchev–Trinajstić information content (AvgIpc) is 3.23. The predicted octanol–water partition coefficient (Wildman–Crippen LogP) is 0.716. The highest BCUT2D eigenvalue weighted by molar-refractivity contribution is 5.94. The highest BCUT2D eigenvalue weighted by Gasteiger charge is 2.61. The van der Waals surface area contributed by atoms with Gasteiger partial charge in [-0.1, -0.05) is 6.08 Å². The van der Waals surface area contributed by atoms with E-state index in [0.29, 0.717) is 6.42 Å². The van der Waals surface area contributed by atoms with Gasteiger partial charge in [-0.2, -0.15) is 0 Å². The van der Waals surface area contributed by atoms with Crippen LogP contribution in [0.5, 0.6) is 0 Å². The smallest absolute Gasteiger partial charge is 0.338 e. The number of nitro groups is 1. The first-order valence-corrected chi connectivity index (χ1v) is 9.02. The Hall–Kier alpha value is -3.27. The Morgan fingerprint density at radius 2 is 2.03 bits per heavy atom. The Kier molecular flexibility index (Phi) is 5.64. The van der Waals surface area contributed by atoms with Gasteiger partial charge in [0.2, 0.25) is 5.91 Å². The van der Waals surface area contributed by atoms with Gasteiger partial charge >= 0.3 is 11.9 Å². The van der Waals surface area contributed by atoms with Crippen molar-refractivity contribution >= 4 is 23.5 Å². The first-order chi connectivity index (χ1) is 13.8. The second-order valence-corrected chi connectivity index (χ2v) is 7.03. The molecular formula is C19H21N3O7. The van der Waals surface area contributed by atoms with E-state index < -0.39 is 34.5 Å². The highest BCUT2D eigenvalue weighted by Crippen LogP contribution is 2.45. The average molecular weight is 403 g/mol. The summed E-state index contributed by atoms with van der Waals surface area (Å²) in [5.74, 6) is -1.72. The van der Waals surface area contributed by atoms with Crippen LogP contribution in [0.15, 0.2) is 36.9 Å². The van der Waals surface area contributed by atoms with Crippen molar-refractivity contribution in [2.45, 2.75) is 30.5 Å². The lowest BCUT2D eigenvalue weighted by Crippen LogP contribution is -2.51. The summed E-state index contributed by atoms with van der Waals surface area (Å²) in [5.41, 5.74) is -1.03. The fourth-order valence-corrected chi connectivity index (χ4v) is 3.42. The van der Waals surface area contributed by atoms with Gasteiger partial charge in [0.15, 0.2) is 0 Å². The Morgan fingerprint density at radius 3 is 2.59 bits per heavy atom. The fraction of sp³-hybridized carbons (Fsp3) is 0.421. The maximum Gasteiger partial charge on any atom is 0.338 e. The Bertz CT molecular complexity index is 854. The third-order valence-corrected chi connectivity index (χ3v) is 5.19. The molecule has 0 unspecified atom stereocenters. The van der Waals surface area contributed by atoms with Gasteiger partial charge in [-0.15, -0.1) is 6.58 Å². The number of benzene rings is 1. The summed E-state index contributed by atoms with van der Waals surface area (Å²) >= 11 is 0. The summed E-state index contributed by atoms with van der Waals surface area (Å²) in [6.45, 7) is 3.93. The zero-order chi connectivity index (χ0) is 21.2. The summed E-state index contributed by atoms with van der Waals surface area (Å²) in [7, 11) is 1.26. The van der Waals surface area contributed by atoms with Gasteiger partial charge in [-0.25, -0.2) is 9.59 Å². The molecule has 0 spiro atoms. The van der Waals surface area contributed by atoms with E-state index in [0.717, 1.165) is 0 Å². The van der Waals surface area contributed by atoms with E-state index in [4.69, 9.17) is 9.47 Å². The minimum atomic E-state index is -1.08. The van der Waals surface area contributed by atoms with Crippen LogP contribution in [0.4, 0.5) is 5.69 Å². The molecule has 1 saturated heterocycles. The molecule has 1 heterocycles. The van der Waals surface area contributed by atoms with Gasteiger partial charge in [0, 0.05) is 31.0 Å². The normalized spacial score (nSPS) is 27.6. The van der Waals surface area contributed by atoms with E-state index in [-0.39, 0.29) is 36.0 Å². The minimum Gasteiger partial charge on any atom is -0.467 e. The number of nitrogens with one attached hydrogen (secondary N) is 2. The SMILES string of the molecule is C=C[C@@H]1C[C@]1(NC(=O)[C@H]1C[C@H](OC(=O)c2ccc([N+](=O)[O-])cc2)CN1)C(=O)OC. The standard InChI is InChI=1S/C19H21N3O7/c1-3-12-9-19(12,18(25)28-2)21-16(23)15-8-14(10-20-15)29-17(24)11-4-6-13(7-5-11)22(26)27/h3-7,12,14-15,20H,1,8-10H2,2H3,(H,21,23)/t12-,14+,15-,19-/m1/s1. The zero-order valence-electron chi connectivity index (χ0n) is 15.8. The number of methoxy groups -OCH3 is 1. The molecule has 3 rings (SSSR count). The molecule has 29 heavy (non-hydrogen) atoms. The van der Waals surface area contributed by atoms with Crippen molar-refractivity contribution < 1.29 is 28.8 Å². The molecule has 10 nitrogen and oxygen atoms in total. The fourth-order valence-electron chi connectivity index (χ4n) is 3.42. The lowest BCUT2D eigenvalue weighted by atomic mass is 10.1. The third kappa shape index (κ3) is 4.11. The minimum absolute atomic E-state index is 0.127. The molecule has 1 aliphatic carbocycles. The largest absolute Gasteiger partial charge is 0.467 e. The molecule has 10 heteroatoms. The van der Waals surface area contributed by atoms with E-state index in [2.05, 4.69) is 17.2 Å². The van der Waals surface area contributed by atoms with Crippen molar-refractivity contribution in [2.24, 2.45) is 5.92 Å². The monoisotopic (exact) mass is 403 g/mol. The van der Waals surface area contributed by atoms with Gasteiger partial charge in [-0.3, -0.25) is 14.9 Å². The molecule has 2 aliphatic rings. The number of hydrogen-bond acceptors (Lipinski definition) is 8. The molecular weight excluding hydrogens is 382 g/mol. The summed E-state index contributed by atoms with van der Waals surface area (Å²) in [5, 5.41) is 16.4. The predicted molar refractivity (Wildman–Crippen MR) is 99.9 cm³/mol. The molecule has 0 bridgehead atoms. The van der Waals surface area contributed by atoms with E-state index in [1.807, 2.05) is 0 Å². The van der Waals surface area contributed by atoms with E-state index in [1.165, 1.54) is 31.4 Å². The van der Waals surface area contributed by atoms with E-state index >= 15 is 0 Å². The summed E-state index contributed by atoms with van der Waals surface area (Å²) in [6.07, 6.45) is 1.73. The summed E-state index contributed by atoms with van der Waals surface area (Å²) in [6, 6.07) is 4.44. The van der Waals surface area contributed by atoms with Crippen molar-refractivity contribution in [2.75, 3.05) is 13.7 Å². The third-order valence-electron chi connectivity index (χ3n) is 5.19. The van der Waals surface area contributed by atoms with Crippen LogP contribution in [-0.4, -0.2) is 54.1 Å². The van der Waals surface area contributed by atoms with Gasteiger partial charge in [0.1, 0.15) is 11.6 Å². The first kappa shape index (κ1) is 20.5. The number of rotatable bonds is 7. The van der Waals surface area contributed by atoms with Crippen molar-refractivity contribution in [3.05, 3.63) is 52.6 Å². The Morgan fingerprint density at radius 1 is 1.34 bits per heavy atom. The van der Waals surface area contributed by atoms with E-state index in [9.17, 15) is 24.5 Å². The molecule has 154 valence electrons. The number of hydrogen-bond donors (Lipinski definition) is 2. The Labute approximate surface area is 166 Å². The number of amides is 1. The van der Waals surface area contributed by atoms with Gasteiger partial charge in [-0.05, 0) is 18.6 Å². The second-order valence-electron chi connectivity index (χ2n) is 7.03. The van der Waals surface area contributed by atoms with Crippen LogP contribution in [0.3, 0.4) is 0 Å². The van der Waals surface area contributed by atoms with Crippen LogP contribution in [0, 0.1) is 16.0 Å². The lowest BCUT2D eigenvalue weighted by molar-refractivity contribution is -0.384. The Balaban J connectivity index is 1.55. The van der Waals surface area contributed by atoms with Crippen LogP contribution in [0.1, 0.15) is 23.2 Å². The van der Waals surface area contributed by atoms with Gasteiger partial charge < -0.3 is 20.1 Å². The molecule has 4 atom stereocenters. The van der Waals surface area contributed by atoms with Crippen LogP contribution in [0.25, 0.3) is 0 Å². The van der Waals surface area contributed by atoms with Crippen LogP contribution in [-0.2, 0) is 19.1 Å². The maximum atomic E-state index is 12.6. The van der Waals surface area contributed by atoms with E-state index in [1.54, 1.807) is 6.08 Å². The first-order valence-electron chi connectivity index (χ1n) is 9.02. The molecule has 0 aromatic heterocycles. The quantitative estimate of drug-likeness (QED) is 0.294. The molecule has 1 aromatic carbocycles. The zero-order valence-corrected chi connectivity index (χ0v) is 15.8. The van der Waals surface area contributed by atoms with Crippen LogP contribution in [0.2, 0.25) is 0 Å². The summed E-state index contributed by atoms with van der Waals surface area (Å²) in [4.78, 5) is 46.9. The molecule has 0 radical (unpaired) electrons. The topological polar surface area (TPSA) is 137 Å². The molecule has 1 aromatic rings.